The fourth-order valence-electron chi connectivity index (χ4n) is 2.25. The lowest BCUT2D eigenvalue weighted by Crippen LogP contribution is -2.30. The van der Waals surface area contributed by atoms with E-state index in [0.717, 1.165) is 6.54 Å². The minimum absolute atomic E-state index is 0.531. The molecule has 1 aliphatic carbocycles. The number of nitrogens with one attached hydrogen (secondary N) is 1. The Bertz CT molecular complexity index is 274. The van der Waals surface area contributed by atoms with Crippen LogP contribution in [0.4, 0.5) is 0 Å². The minimum Gasteiger partial charge on any atom is -0.309 e. The lowest BCUT2D eigenvalue weighted by atomic mass is 9.99. The van der Waals surface area contributed by atoms with Gasteiger partial charge in [-0.3, -0.25) is 4.99 Å². The SMILES string of the molecule is CN=C(CNC(C)C)C1=C(C)CCCCC1. The highest BCUT2D eigenvalue weighted by Crippen LogP contribution is 2.24. The predicted molar refractivity (Wildman–Crippen MR) is 72.3 cm³/mol. The van der Waals surface area contributed by atoms with Crippen LogP contribution in [0, 0.1) is 0 Å². The van der Waals surface area contributed by atoms with Crippen LogP contribution >= 0.6 is 0 Å². The Morgan fingerprint density at radius 3 is 2.56 bits per heavy atom. The first-order valence-corrected chi connectivity index (χ1v) is 6.53. The van der Waals surface area contributed by atoms with E-state index in [1.165, 1.54) is 43.4 Å². The molecule has 0 amide bonds. The maximum atomic E-state index is 4.47. The van der Waals surface area contributed by atoms with Crippen LogP contribution < -0.4 is 5.32 Å². The molecule has 0 radical (unpaired) electrons. The van der Waals surface area contributed by atoms with Crippen LogP contribution in [0.15, 0.2) is 16.1 Å². The molecule has 16 heavy (non-hydrogen) atoms. The van der Waals surface area contributed by atoms with E-state index in [0.29, 0.717) is 6.04 Å². The maximum absolute atomic E-state index is 4.47. The zero-order chi connectivity index (χ0) is 12.0. The second kappa shape index (κ2) is 6.85. The number of nitrogens with zero attached hydrogens (tertiary/aromatic N) is 1. The van der Waals surface area contributed by atoms with Gasteiger partial charge in [0, 0.05) is 19.6 Å². The summed E-state index contributed by atoms with van der Waals surface area (Å²) in [6.07, 6.45) is 6.53. The Morgan fingerprint density at radius 1 is 1.25 bits per heavy atom. The van der Waals surface area contributed by atoms with E-state index in [9.17, 15) is 0 Å². The number of rotatable bonds is 4. The molecule has 0 unspecified atom stereocenters. The van der Waals surface area contributed by atoms with E-state index in [2.05, 4.69) is 31.1 Å². The van der Waals surface area contributed by atoms with Crippen molar-refractivity contribution in [1.82, 2.24) is 5.32 Å². The van der Waals surface area contributed by atoms with Gasteiger partial charge in [-0.1, -0.05) is 25.8 Å². The van der Waals surface area contributed by atoms with Crippen molar-refractivity contribution in [2.45, 2.75) is 58.9 Å². The van der Waals surface area contributed by atoms with Gasteiger partial charge in [-0.25, -0.2) is 0 Å². The second-order valence-corrected chi connectivity index (χ2v) is 5.03. The summed E-state index contributed by atoms with van der Waals surface area (Å²) in [5.41, 5.74) is 4.35. The molecule has 2 heteroatoms. The standard InChI is InChI=1S/C14H26N2/c1-11(2)16-10-14(15-4)13-9-7-5-6-8-12(13)3/h11,16H,5-10H2,1-4H3. The summed E-state index contributed by atoms with van der Waals surface area (Å²) >= 11 is 0. The molecule has 0 aromatic rings. The van der Waals surface area contributed by atoms with Crippen LogP contribution in [0.3, 0.4) is 0 Å². The van der Waals surface area contributed by atoms with Crippen LogP contribution in [-0.2, 0) is 0 Å². The molecule has 1 rings (SSSR count). The molecular weight excluding hydrogens is 196 g/mol. The molecule has 0 saturated heterocycles. The van der Waals surface area contributed by atoms with E-state index >= 15 is 0 Å². The van der Waals surface area contributed by atoms with Gasteiger partial charge in [0.2, 0.25) is 0 Å². The fraction of sp³-hybridized carbons (Fsp3) is 0.786. The number of allylic oxidation sites excluding steroid dienone is 1. The quantitative estimate of drug-likeness (QED) is 0.725. The summed E-state index contributed by atoms with van der Waals surface area (Å²) in [4.78, 5) is 4.47. The Kier molecular flexibility index (Phi) is 5.75. The molecule has 0 fully saturated rings. The molecule has 1 N–H and O–H groups in total. The lowest BCUT2D eigenvalue weighted by Gasteiger charge is -2.15. The average molecular weight is 222 g/mol. The zero-order valence-electron chi connectivity index (χ0n) is 11.3. The van der Waals surface area contributed by atoms with E-state index in [1.54, 1.807) is 5.57 Å². The van der Waals surface area contributed by atoms with E-state index < -0.39 is 0 Å². The van der Waals surface area contributed by atoms with Crippen molar-refractivity contribution in [2.24, 2.45) is 4.99 Å². The highest BCUT2D eigenvalue weighted by molar-refractivity contribution is 6.02. The van der Waals surface area contributed by atoms with Crippen LogP contribution in [-0.4, -0.2) is 25.3 Å². The van der Waals surface area contributed by atoms with Crippen LogP contribution in [0.1, 0.15) is 52.9 Å². The second-order valence-electron chi connectivity index (χ2n) is 5.03. The molecule has 2 nitrogen and oxygen atoms in total. The molecule has 1 aliphatic rings. The molecule has 0 atom stereocenters. The Labute approximate surface area is 100 Å². The van der Waals surface area contributed by atoms with Crippen molar-refractivity contribution in [2.75, 3.05) is 13.6 Å². The van der Waals surface area contributed by atoms with Gasteiger partial charge in [0.15, 0.2) is 0 Å². The summed E-state index contributed by atoms with van der Waals surface area (Å²) in [5.74, 6) is 0. The molecule has 0 bridgehead atoms. The molecule has 92 valence electrons. The first kappa shape index (κ1) is 13.4. The van der Waals surface area contributed by atoms with E-state index in [4.69, 9.17) is 0 Å². The zero-order valence-corrected chi connectivity index (χ0v) is 11.3. The third-order valence-corrected chi connectivity index (χ3v) is 3.29. The summed E-state index contributed by atoms with van der Waals surface area (Å²) < 4.78 is 0. The fourth-order valence-corrected chi connectivity index (χ4v) is 2.25. The third-order valence-electron chi connectivity index (χ3n) is 3.29. The number of hydrogen-bond acceptors (Lipinski definition) is 2. The normalized spacial score (nSPS) is 19.2. The van der Waals surface area contributed by atoms with Gasteiger partial charge in [0.25, 0.3) is 0 Å². The summed E-state index contributed by atoms with van der Waals surface area (Å²) in [6, 6.07) is 0.531. The maximum Gasteiger partial charge on any atom is 0.0514 e. The van der Waals surface area contributed by atoms with Crippen molar-refractivity contribution < 1.29 is 0 Å². The molecule has 0 aromatic carbocycles. The van der Waals surface area contributed by atoms with Gasteiger partial charge in [-0.05, 0) is 38.2 Å². The van der Waals surface area contributed by atoms with Crippen molar-refractivity contribution in [3.8, 4) is 0 Å². The minimum atomic E-state index is 0.531. The molecule has 0 aliphatic heterocycles. The van der Waals surface area contributed by atoms with Crippen molar-refractivity contribution >= 4 is 5.71 Å². The van der Waals surface area contributed by atoms with Crippen molar-refractivity contribution in [3.05, 3.63) is 11.1 Å². The number of hydrogen-bond donors (Lipinski definition) is 1. The third kappa shape index (κ3) is 4.09. The van der Waals surface area contributed by atoms with Gasteiger partial charge in [0.05, 0.1) is 5.71 Å². The van der Waals surface area contributed by atoms with Crippen molar-refractivity contribution in [3.63, 3.8) is 0 Å². The van der Waals surface area contributed by atoms with Gasteiger partial charge in [-0.2, -0.15) is 0 Å². The highest BCUT2D eigenvalue weighted by Gasteiger charge is 2.13. The Morgan fingerprint density at radius 2 is 1.94 bits per heavy atom. The Balaban J connectivity index is 2.70. The molecule has 0 aromatic heterocycles. The molecule has 0 heterocycles. The highest BCUT2D eigenvalue weighted by atomic mass is 14.9. The lowest BCUT2D eigenvalue weighted by molar-refractivity contribution is 0.641. The van der Waals surface area contributed by atoms with E-state index in [1.807, 2.05) is 7.05 Å². The van der Waals surface area contributed by atoms with Crippen LogP contribution in [0.25, 0.3) is 0 Å². The molecule has 0 saturated carbocycles. The largest absolute Gasteiger partial charge is 0.309 e. The van der Waals surface area contributed by atoms with Crippen LogP contribution in [0.2, 0.25) is 0 Å². The van der Waals surface area contributed by atoms with E-state index in [-0.39, 0.29) is 0 Å². The van der Waals surface area contributed by atoms with Crippen LogP contribution in [0.5, 0.6) is 0 Å². The average Bonchev–Trinajstić information content (AvgIpc) is 2.45. The summed E-state index contributed by atoms with van der Waals surface area (Å²) in [7, 11) is 1.92. The monoisotopic (exact) mass is 222 g/mol. The van der Waals surface area contributed by atoms with Gasteiger partial charge in [-0.15, -0.1) is 0 Å². The Hall–Kier alpha value is -0.630. The summed E-state index contributed by atoms with van der Waals surface area (Å²) in [6.45, 7) is 7.56. The number of aliphatic imine (C=N–C) groups is 1. The first-order valence-electron chi connectivity index (χ1n) is 6.53. The van der Waals surface area contributed by atoms with Crippen molar-refractivity contribution in [1.29, 1.82) is 0 Å². The first-order chi connectivity index (χ1) is 7.65. The molecule has 0 spiro atoms. The van der Waals surface area contributed by atoms with Gasteiger partial charge < -0.3 is 5.32 Å². The smallest absolute Gasteiger partial charge is 0.0514 e. The van der Waals surface area contributed by atoms with Gasteiger partial charge in [0.1, 0.15) is 0 Å². The topological polar surface area (TPSA) is 24.4 Å². The summed E-state index contributed by atoms with van der Waals surface area (Å²) in [5, 5.41) is 3.47. The predicted octanol–water partition coefficient (Wildman–Crippen LogP) is 3.34. The molecular formula is C14H26N2. The van der Waals surface area contributed by atoms with Gasteiger partial charge >= 0.3 is 0 Å².